The Morgan fingerprint density at radius 3 is 2.43 bits per heavy atom. The normalized spacial score (nSPS) is 26.3. The van der Waals surface area contributed by atoms with E-state index in [2.05, 4.69) is 89.5 Å². The van der Waals surface area contributed by atoms with Crippen molar-refractivity contribution in [3.63, 3.8) is 0 Å². The lowest BCUT2D eigenvalue weighted by atomic mass is 10.1. The summed E-state index contributed by atoms with van der Waals surface area (Å²) in [4.78, 5) is 2.48. The largest absolute Gasteiger partial charge is 0.292 e. The van der Waals surface area contributed by atoms with Gasteiger partial charge >= 0.3 is 0 Å². The van der Waals surface area contributed by atoms with Crippen molar-refractivity contribution in [2.45, 2.75) is 25.9 Å². The average molecular weight is 370 g/mol. The van der Waals surface area contributed by atoms with Gasteiger partial charge < -0.3 is 0 Å². The number of hydrogen-bond acceptors (Lipinski definition) is 1. The molecule has 0 unspecified atom stereocenters. The number of aryl methyl sites for hydroxylation is 1. The third-order valence-electron chi connectivity index (χ3n) is 5.35. The number of anilines is 1. The number of quaternary nitrogens is 1. The highest BCUT2D eigenvalue weighted by Gasteiger charge is 2.50. The molecule has 0 aliphatic carbocycles. The molecule has 0 amide bonds. The maximum atomic E-state index is 3.54. The summed E-state index contributed by atoms with van der Waals surface area (Å²) in [7, 11) is 2.39. The first-order valence-electron chi connectivity index (χ1n) is 8.26. The Kier molecular flexibility index (Phi) is 3.58. The molecule has 0 spiro atoms. The number of halogens is 1. The van der Waals surface area contributed by atoms with Crippen LogP contribution in [0.25, 0.3) is 5.70 Å². The maximum absolute atomic E-state index is 3.54. The fourth-order valence-electron chi connectivity index (χ4n) is 4.03. The van der Waals surface area contributed by atoms with Gasteiger partial charge in [0.05, 0.1) is 19.8 Å². The molecular weight excluding hydrogens is 348 g/mol. The molecule has 1 saturated heterocycles. The van der Waals surface area contributed by atoms with Gasteiger partial charge in [0, 0.05) is 28.6 Å². The quantitative estimate of drug-likeness (QED) is 0.662. The van der Waals surface area contributed by atoms with Crippen LogP contribution in [0.4, 0.5) is 5.69 Å². The molecule has 0 saturated carbocycles. The first kappa shape index (κ1) is 15.0. The minimum Gasteiger partial charge on any atom is -0.292 e. The second-order valence-electron chi connectivity index (χ2n) is 6.88. The van der Waals surface area contributed by atoms with E-state index in [4.69, 9.17) is 0 Å². The van der Waals surface area contributed by atoms with Gasteiger partial charge in [-0.2, -0.15) is 0 Å². The zero-order chi connectivity index (χ0) is 16.0. The van der Waals surface area contributed by atoms with Crippen LogP contribution in [0.2, 0.25) is 0 Å². The van der Waals surface area contributed by atoms with Crippen molar-refractivity contribution in [2.75, 3.05) is 18.5 Å². The first-order chi connectivity index (χ1) is 11.1. The molecule has 23 heavy (non-hydrogen) atoms. The standard InChI is InChI=1S/C20H22BrN2/c1-15-5-7-16(8-6-15)19-14-22(18-11-9-17(21)10-12-18)20-4-3-13-23(19,20)2/h5-12,14,20H,3-4,13H2,1-2H3/q+1/t20-,23+/m0/s1. The number of rotatable bonds is 2. The van der Waals surface area contributed by atoms with Gasteiger partial charge in [-0.25, -0.2) is 0 Å². The molecule has 0 N–H and O–H groups in total. The molecule has 0 radical (unpaired) electrons. The molecule has 2 aliphatic heterocycles. The molecule has 1 fully saturated rings. The first-order valence-corrected chi connectivity index (χ1v) is 9.06. The van der Waals surface area contributed by atoms with E-state index >= 15 is 0 Å². The van der Waals surface area contributed by atoms with E-state index in [1.807, 2.05) is 0 Å². The Labute approximate surface area is 146 Å². The molecule has 2 aromatic carbocycles. The molecule has 2 heterocycles. The summed E-state index contributed by atoms with van der Waals surface area (Å²) in [6, 6.07) is 17.7. The Hall–Kier alpha value is -1.58. The summed E-state index contributed by atoms with van der Waals surface area (Å²) in [5, 5.41) is 0. The van der Waals surface area contributed by atoms with Gasteiger partial charge in [0.1, 0.15) is 0 Å². The van der Waals surface area contributed by atoms with Crippen LogP contribution in [-0.2, 0) is 0 Å². The van der Waals surface area contributed by atoms with Crippen LogP contribution in [0.15, 0.2) is 59.2 Å². The van der Waals surface area contributed by atoms with E-state index in [0.29, 0.717) is 6.17 Å². The SMILES string of the molecule is Cc1ccc(C2=CN(c3ccc(Br)cc3)[C@@H]3CCC[N@+]23C)cc1. The Morgan fingerprint density at radius 1 is 1.04 bits per heavy atom. The summed E-state index contributed by atoms with van der Waals surface area (Å²) in [6.45, 7) is 3.37. The highest BCUT2D eigenvalue weighted by molar-refractivity contribution is 9.10. The third-order valence-corrected chi connectivity index (χ3v) is 5.88. The van der Waals surface area contributed by atoms with Crippen LogP contribution in [0.5, 0.6) is 0 Å². The van der Waals surface area contributed by atoms with Gasteiger partial charge in [0.25, 0.3) is 0 Å². The second-order valence-corrected chi connectivity index (χ2v) is 7.79. The van der Waals surface area contributed by atoms with Crippen LogP contribution in [-0.4, -0.2) is 24.2 Å². The van der Waals surface area contributed by atoms with Crippen molar-refractivity contribution in [3.8, 4) is 0 Å². The Morgan fingerprint density at radius 2 is 1.74 bits per heavy atom. The summed E-state index contributed by atoms with van der Waals surface area (Å²) in [6.07, 6.45) is 5.43. The molecular formula is C20H22BrN2+. The Bertz CT molecular complexity index is 748. The van der Waals surface area contributed by atoms with Crippen molar-refractivity contribution >= 4 is 27.3 Å². The van der Waals surface area contributed by atoms with E-state index in [1.165, 1.54) is 41.9 Å². The zero-order valence-corrected chi connectivity index (χ0v) is 15.3. The third kappa shape index (κ3) is 2.43. The van der Waals surface area contributed by atoms with Gasteiger partial charge in [0.2, 0.25) is 0 Å². The molecule has 118 valence electrons. The molecule has 2 nitrogen and oxygen atoms in total. The van der Waals surface area contributed by atoms with Crippen LogP contribution >= 0.6 is 15.9 Å². The summed E-state index contributed by atoms with van der Waals surface area (Å²) < 4.78 is 2.16. The van der Waals surface area contributed by atoms with Gasteiger partial charge in [-0.05, 0) is 43.3 Å². The van der Waals surface area contributed by atoms with E-state index in [1.54, 1.807) is 0 Å². The highest BCUT2D eigenvalue weighted by Crippen LogP contribution is 2.44. The predicted molar refractivity (Wildman–Crippen MR) is 99.9 cm³/mol. The molecule has 4 rings (SSSR count). The Balaban J connectivity index is 1.79. The zero-order valence-electron chi connectivity index (χ0n) is 13.7. The van der Waals surface area contributed by atoms with Crippen molar-refractivity contribution in [1.82, 2.24) is 0 Å². The number of hydrogen-bond donors (Lipinski definition) is 0. The van der Waals surface area contributed by atoms with Gasteiger partial charge in [0.15, 0.2) is 11.9 Å². The summed E-state index contributed by atoms with van der Waals surface area (Å²) in [5.74, 6) is 0. The highest BCUT2D eigenvalue weighted by atomic mass is 79.9. The monoisotopic (exact) mass is 369 g/mol. The van der Waals surface area contributed by atoms with Crippen LogP contribution < -0.4 is 4.90 Å². The van der Waals surface area contributed by atoms with Crippen LogP contribution in [0.3, 0.4) is 0 Å². The number of benzene rings is 2. The van der Waals surface area contributed by atoms with Crippen LogP contribution in [0, 0.1) is 6.92 Å². The van der Waals surface area contributed by atoms with Crippen molar-refractivity contribution in [1.29, 1.82) is 0 Å². The molecule has 0 aromatic heterocycles. The number of nitrogens with zero attached hydrogens (tertiary/aromatic N) is 2. The molecule has 2 aliphatic rings. The molecule has 2 atom stereocenters. The van der Waals surface area contributed by atoms with Crippen molar-refractivity contribution in [3.05, 3.63) is 70.3 Å². The smallest absolute Gasteiger partial charge is 0.173 e. The lowest BCUT2D eigenvalue weighted by Gasteiger charge is -2.34. The fraction of sp³-hybridized carbons (Fsp3) is 0.300. The van der Waals surface area contributed by atoms with E-state index < -0.39 is 0 Å². The maximum Gasteiger partial charge on any atom is 0.173 e. The molecule has 3 heteroatoms. The second kappa shape index (κ2) is 5.50. The lowest BCUT2D eigenvalue weighted by Crippen LogP contribution is -2.48. The predicted octanol–water partition coefficient (Wildman–Crippen LogP) is 5.14. The lowest BCUT2D eigenvalue weighted by molar-refractivity contribution is -0.845. The topological polar surface area (TPSA) is 3.24 Å². The minimum absolute atomic E-state index is 0.521. The van der Waals surface area contributed by atoms with Gasteiger partial charge in [-0.3, -0.25) is 9.38 Å². The van der Waals surface area contributed by atoms with Crippen molar-refractivity contribution < 1.29 is 4.48 Å². The van der Waals surface area contributed by atoms with Gasteiger partial charge in [-0.15, -0.1) is 0 Å². The summed E-state index contributed by atoms with van der Waals surface area (Å²) in [5.41, 5.74) is 5.39. The van der Waals surface area contributed by atoms with Crippen molar-refractivity contribution in [2.24, 2.45) is 0 Å². The summed E-state index contributed by atoms with van der Waals surface area (Å²) >= 11 is 3.54. The molecule has 2 aromatic rings. The van der Waals surface area contributed by atoms with Crippen LogP contribution in [0.1, 0.15) is 24.0 Å². The minimum atomic E-state index is 0.521. The average Bonchev–Trinajstić information content (AvgIpc) is 3.05. The van der Waals surface area contributed by atoms with Gasteiger partial charge in [-0.1, -0.05) is 33.6 Å². The van der Waals surface area contributed by atoms with E-state index in [9.17, 15) is 0 Å². The fourth-order valence-corrected chi connectivity index (χ4v) is 4.30. The molecule has 0 bridgehead atoms. The van der Waals surface area contributed by atoms with E-state index in [-0.39, 0.29) is 0 Å². The number of fused-ring (bicyclic) bond motifs is 1. The van der Waals surface area contributed by atoms with E-state index in [0.717, 1.165) is 8.96 Å².